The highest BCUT2D eigenvalue weighted by Gasteiger charge is 2.41. The smallest absolute Gasteiger partial charge is 0.275 e. The van der Waals surface area contributed by atoms with Crippen LogP contribution in [-0.2, 0) is 13.1 Å². The molecule has 3 heterocycles. The van der Waals surface area contributed by atoms with Gasteiger partial charge in [0.25, 0.3) is 11.8 Å². The van der Waals surface area contributed by atoms with Gasteiger partial charge in [-0.3, -0.25) is 14.4 Å². The molecule has 0 aliphatic carbocycles. The van der Waals surface area contributed by atoms with Crippen molar-refractivity contribution < 1.29 is 23.5 Å². The van der Waals surface area contributed by atoms with Gasteiger partial charge in [-0.1, -0.05) is 24.6 Å². The van der Waals surface area contributed by atoms with Crippen molar-refractivity contribution in [2.75, 3.05) is 0 Å². The van der Waals surface area contributed by atoms with E-state index in [2.05, 4.69) is 5.32 Å². The first kappa shape index (κ1) is 22.3. The predicted octanol–water partition coefficient (Wildman–Crippen LogP) is 3.20. The summed E-state index contributed by atoms with van der Waals surface area (Å²) in [4.78, 5) is 40.2. The van der Waals surface area contributed by atoms with Crippen molar-refractivity contribution in [3.63, 3.8) is 0 Å². The Balaban J connectivity index is 1.63. The van der Waals surface area contributed by atoms with Crippen LogP contribution >= 0.6 is 11.6 Å². The molecule has 0 radical (unpaired) electrons. The van der Waals surface area contributed by atoms with Crippen LogP contribution in [0.2, 0.25) is 5.02 Å². The maximum absolute atomic E-state index is 14.1. The highest BCUT2D eigenvalue weighted by atomic mass is 35.5. The number of hydrogen-bond donors (Lipinski definition) is 2. The maximum Gasteiger partial charge on any atom is 0.275 e. The van der Waals surface area contributed by atoms with E-state index >= 15 is 0 Å². The molecule has 1 saturated heterocycles. The number of halogens is 3. The Hall–Kier alpha value is -2.94. The molecule has 2 aliphatic heterocycles. The molecule has 2 N–H and O–H groups in total. The third-order valence-corrected chi connectivity index (χ3v) is 6.58. The zero-order valence-electron chi connectivity index (χ0n) is 17.3. The van der Waals surface area contributed by atoms with Gasteiger partial charge in [-0.15, -0.1) is 0 Å². The third-order valence-electron chi connectivity index (χ3n) is 6.23. The lowest BCUT2D eigenvalue weighted by Crippen LogP contribution is -2.55. The van der Waals surface area contributed by atoms with E-state index in [1.165, 1.54) is 10.8 Å². The summed E-state index contributed by atoms with van der Waals surface area (Å²) in [5.41, 5.74) is -1.54. The molecular weight excluding hydrogens is 444 g/mol. The summed E-state index contributed by atoms with van der Waals surface area (Å²) in [5, 5.41) is 12.2. The van der Waals surface area contributed by atoms with E-state index in [-0.39, 0.29) is 35.4 Å². The molecule has 2 aromatic rings. The van der Waals surface area contributed by atoms with Crippen LogP contribution in [0.1, 0.15) is 59.0 Å². The number of carbonyl (C=O) groups is 2. The number of aromatic nitrogens is 1. The first-order valence-electron chi connectivity index (χ1n) is 10.4. The number of benzene rings is 1. The molecule has 170 valence electrons. The molecular formula is C22H22ClF2N3O4. The lowest BCUT2D eigenvalue weighted by molar-refractivity contribution is 0.0313. The summed E-state index contributed by atoms with van der Waals surface area (Å²) in [6.45, 7) is 2.00. The Bertz CT molecular complexity index is 1170. The Kier molecular flexibility index (Phi) is 5.94. The molecule has 4 rings (SSSR count). The highest BCUT2D eigenvalue weighted by molar-refractivity contribution is 6.30. The molecule has 2 atom stereocenters. The monoisotopic (exact) mass is 465 g/mol. The Morgan fingerprint density at radius 1 is 1.28 bits per heavy atom. The summed E-state index contributed by atoms with van der Waals surface area (Å²) in [5.74, 6) is -3.99. The number of pyridine rings is 1. The molecule has 7 nitrogen and oxygen atoms in total. The minimum Gasteiger partial charge on any atom is -0.503 e. The van der Waals surface area contributed by atoms with Gasteiger partial charge >= 0.3 is 0 Å². The Morgan fingerprint density at radius 3 is 2.75 bits per heavy atom. The molecule has 10 heteroatoms. The number of hydrogen-bond acceptors (Lipinski definition) is 4. The normalized spacial score (nSPS) is 20.0. The molecule has 32 heavy (non-hydrogen) atoms. The second kappa shape index (κ2) is 8.54. The minimum absolute atomic E-state index is 0.0462. The van der Waals surface area contributed by atoms with Gasteiger partial charge in [0, 0.05) is 30.9 Å². The largest absolute Gasteiger partial charge is 0.503 e. The van der Waals surface area contributed by atoms with Gasteiger partial charge in [-0.25, -0.2) is 8.78 Å². The molecule has 1 fully saturated rings. The summed E-state index contributed by atoms with van der Waals surface area (Å²) >= 11 is 5.55. The lowest BCUT2D eigenvalue weighted by Gasteiger charge is -2.45. The fraction of sp³-hybridized carbons (Fsp3) is 0.409. The zero-order valence-corrected chi connectivity index (χ0v) is 18.1. The fourth-order valence-electron chi connectivity index (χ4n) is 4.58. The Labute approximate surface area is 187 Å². The topological polar surface area (TPSA) is 91.6 Å². The predicted molar refractivity (Wildman–Crippen MR) is 113 cm³/mol. The van der Waals surface area contributed by atoms with E-state index in [4.69, 9.17) is 11.6 Å². The molecule has 0 saturated carbocycles. The van der Waals surface area contributed by atoms with Gasteiger partial charge < -0.3 is 19.9 Å². The molecule has 0 spiro atoms. The number of fused-ring (bicyclic) bond motifs is 2. The molecule has 0 bridgehead atoms. The number of aromatic hydroxyl groups is 1. The quantitative estimate of drug-likeness (QED) is 0.678. The van der Waals surface area contributed by atoms with Gasteiger partial charge in [-0.05, 0) is 31.7 Å². The average molecular weight is 466 g/mol. The zero-order chi connectivity index (χ0) is 23.2. The highest BCUT2D eigenvalue weighted by Crippen LogP contribution is 2.33. The van der Waals surface area contributed by atoms with Crippen LogP contribution in [0.15, 0.2) is 23.1 Å². The van der Waals surface area contributed by atoms with Crippen molar-refractivity contribution in [1.29, 1.82) is 0 Å². The standard InChI is InChI=1S/C22H22ClF2N3O4/c1-2-12-4-3-5-13-9-27-10-14(19(29)20(30)18(27)22(32)28(12)13)21(31)26-8-11-6-7-15(24)16(23)17(11)25/h6-7,10,12-13,30H,2-5,8-9H2,1H3,(H,26,31)/t12-,13+/m1/s1. The van der Waals surface area contributed by atoms with Crippen molar-refractivity contribution in [3.05, 3.63) is 62.0 Å². The van der Waals surface area contributed by atoms with Gasteiger partial charge in [0.1, 0.15) is 22.2 Å². The van der Waals surface area contributed by atoms with Crippen LogP contribution in [0.4, 0.5) is 8.78 Å². The third kappa shape index (κ3) is 3.64. The van der Waals surface area contributed by atoms with Crippen molar-refractivity contribution in [1.82, 2.24) is 14.8 Å². The molecule has 1 aromatic heterocycles. The number of piperidine rings is 1. The van der Waals surface area contributed by atoms with Crippen LogP contribution in [0, 0.1) is 11.6 Å². The van der Waals surface area contributed by atoms with E-state index < -0.39 is 39.6 Å². The van der Waals surface area contributed by atoms with E-state index in [1.54, 1.807) is 4.90 Å². The van der Waals surface area contributed by atoms with Gasteiger partial charge in [-0.2, -0.15) is 0 Å². The molecule has 2 aliphatic rings. The van der Waals surface area contributed by atoms with Gasteiger partial charge in [0.2, 0.25) is 5.43 Å². The van der Waals surface area contributed by atoms with Crippen LogP contribution in [0.25, 0.3) is 0 Å². The van der Waals surface area contributed by atoms with Crippen molar-refractivity contribution >= 4 is 23.4 Å². The molecule has 0 unspecified atom stereocenters. The number of nitrogens with zero attached hydrogens (tertiary/aromatic N) is 2. The van der Waals surface area contributed by atoms with Crippen molar-refractivity contribution in [3.8, 4) is 5.75 Å². The number of rotatable bonds is 4. The number of nitrogens with one attached hydrogen (secondary N) is 1. The van der Waals surface area contributed by atoms with E-state index in [1.807, 2.05) is 6.92 Å². The van der Waals surface area contributed by atoms with E-state index in [0.29, 0.717) is 6.54 Å². The fourth-order valence-corrected chi connectivity index (χ4v) is 4.76. The second-order valence-electron chi connectivity index (χ2n) is 8.10. The number of amides is 2. The summed E-state index contributed by atoms with van der Waals surface area (Å²) in [6, 6.07) is 2.07. The van der Waals surface area contributed by atoms with Crippen LogP contribution in [0.5, 0.6) is 5.75 Å². The molecule has 2 amide bonds. The summed E-state index contributed by atoms with van der Waals surface area (Å²) in [7, 11) is 0. The second-order valence-corrected chi connectivity index (χ2v) is 8.48. The van der Waals surface area contributed by atoms with Gasteiger partial charge in [0.15, 0.2) is 11.4 Å². The first-order valence-corrected chi connectivity index (χ1v) is 10.8. The lowest BCUT2D eigenvalue weighted by atomic mass is 9.91. The van der Waals surface area contributed by atoms with Crippen LogP contribution in [-0.4, -0.2) is 38.5 Å². The SMILES string of the molecule is CC[C@@H]1CCC[C@H]2Cn3cc(C(=O)NCc4ccc(F)c(Cl)c4F)c(=O)c(O)c3C(=O)N12. The van der Waals surface area contributed by atoms with Crippen LogP contribution < -0.4 is 10.7 Å². The molecule has 1 aromatic carbocycles. The number of carbonyl (C=O) groups excluding carboxylic acids is 2. The van der Waals surface area contributed by atoms with Crippen molar-refractivity contribution in [2.45, 2.75) is 57.8 Å². The van der Waals surface area contributed by atoms with Crippen LogP contribution in [0.3, 0.4) is 0 Å². The van der Waals surface area contributed by atoms with E-state index in [9.17, 15) is 28.3 Å². The van der Waals surface area contributed by atoms with E-state index in [0.717, 1.165) is 37.8 Å². The average Bonchev–Trinajstić information content (AvgIpc) is 2.78. The summed E-state index contributed by atoms with van der Waals surface area (Å²) < 4.78 is 28.8. The van der Waals surface area contributed by atoms with Gasteiger partial charge in [0.05, 0.1) is 6.04 Å². The maximum atomic E-state index is 14.1. The Morgan fingerprint density at radius 2 is 2.03 bits per heavy atom. The minimum atomic E-state index is -1.01. The summed E-state index contributed by atoms with van der Waals surface area (Å²) in [6.07, 6.45) is 4.66. The first-order chi connectivity index (χ1) is 15.2. The van der Waals surface area contributed by atoms with Crippen molar-refractivity contribution in [2.24, 2.45) is 0 Å².